The van der Waals surface area contributed by atoms with Crippen molar-refractivity contribution in [3.05, 3.63) is 24.3 Å². The van der Waals surface area contributed by atoms with Crippen molar-refractivity contribution in [3.8, 4) is 6.07 Å². The molecule has 0 spiro atoms. The molecule has 0 N–H and O–H groups in total. The summed E-state index contributed by atoms with van der Waals surface area (Å²) in [6.07, 6.45) is 10.7. The molecule has 3 heteroatoms. The molecule has 4 unspecified atom stereocenters. The lowest BCUT2D eigenvalue weighted by Crippen LogP contribution is -2.11. The van der Waals surface area contributed by atoms with Crippen LogP contribution in [0.15, 0.2) is 24.3 Å². The molecule has 3 nitrogen and oxygen atoms in total. The number of nitriles is 1. The third kappa shape index (κ3) is 1.55. The van der Waals surface area contributed by atoms with Crippen LogP contribution in [0, 0.1) is 29.1 Å². The van der Waals surface area contributed by atoms with Crippen LogP contribution in [0.4, 0.5) is 0 Å². The molecule has 0 aromatic carbocycles. The summed E-state index contributed by atoms with van der Waals surface area (Å²) < 4.78 is 0. The third-order valence-electron chi connectivity index (χ3n) is 3.86. The van der Waals surface area contributed by atoms with E-state index in [2.05, 4.69) is 18.2 Å². The standard InChI is InChI=1S/C13H14N2O/c14-7-12-8-15(12)13(16)4-3-11-6-9-1-2-10(11)5-9/h1-4,9-12H,5-6,8H2. The minimum absolute atomic E-state index is 0.00157. The molecule has 1 saturated carbocycles. The summed E-state index contributed by atoms with van der Waals surface area (Å²) in [4.78, 5) is 13.2. The molecule has 1 saturated heterocycles. The fourth-order valence-electron chi connectivity index (χ4n) is 2.84. The van der Waals surface area contributed by atoms with E-state index in [4.69, 9.17) is 5.26 Å². The zero-order valence-electron chi connectivity index (χ0n) is 9.04. The topological polar surface area (TPSA) is 43.9 Å². The highest BCUT2D eigenvalue weighted by Gasteiger charge is 2.38. The second-order valence-corrected chi connectivity index (χ2v) is 4.94. The van der Waals surface area contributed by atoms with Crippen LogP contribution in [-0.2, 0) is 4.79 Å². The quantitative estimate of drug-likeness (QED) is 0.397. The molecule has 0 radical (unpaired) electrons. The molecular weight excluding hydrogens is 200 g/mol. The Kier molecular flexibility index (Phi) is 2.10. The van der Waals surface area contributed by atoms with E-state index in [1.807, 2.05) is 6.08 Å². The monoisotopic (exact) mass is 214 g/mol. The van der Waals surface area contributed by atoms with Gasteiger partial charge in [-0.25, -0.2) is 0 Å². The van der Waals surface area contributed by atoms with E-state index in [1.165, 1.54) is 12.8 Å². The first-order chi connectivity index (χ1) is 7.78. The first-order valence-corrected chi connectivity index (χ1v) is 5.84. The fourth-order valence-corrected chi connectivity index (χ4v) is 2.84. The number of allylic oxidation sites excluding steroid dienone is 3. The maximum atomic E-state index is 11.6. The number of fused-ring (bicyclic) bond motifs is 2. The molecule has 1 aliphatic heterocycles. The van der Waals surface area contributed by atoms with Crippen LogP contribution < -0.4 is 0 Å². The van der Waals surface area contributed by atoms with Gasteiger partial charge >= 0.3 is 0 Å². The number of nitrogens with zero attached hydrogens (tertiary/aromatic N) is 2. The Labute approximate surface area is 95.0 Å². The van der Waals surface area contributed by atoms with Gasteiger partial charge in [-0.05, 0) is 36.7 Å². The van der Waals surface area contributed by atoms with Crippen molar-refractivity contribution < 1.29 is 4.79 Å². The molecule has 3 aliphatic rings. The van der Waals surface area contributed by atoms with Crippen molar-refractivity contribution in [2.45, 2.75) is 18.9 Å². The number of rotatable bonds is 2. The van der Waals surface area contributed by atoms with Crippen LogP contribution in [0.1, 0.15) is 12.8 Å². The predicted molar refractivity (Wildman–Crippen MR) is 59.1 cm³/mol. The number of hydrogen-bond acceptors (Lipinski definition) is 2. The van der Waals surface area contributed by atoms with Crippen molar-refractivity contribution >= 4 is 5.91 Å². The summed E-state index contributed by atoms with van der Waals surface area (Å²) in [5, 5.41) is 8.61. The Hall–Kier alpha value is -1.56. The van der Waals surface area contributed by atoms with Gasteiger partial charge < -0.3 is 4.90 Å². The Morgan fingerprint density at radius 1 is 1.44 bits per heavy atom. The number of amides is 1. The number of hydrogen-bond donors (Lipinski definition) is 0. The average Bonchev–Trinajstić information content (AvgIpc) is 2.81. The number of carbonyl (C=O) groups excluding carboxylic acids is 1. The van der Waals surface area contributed by atoms with Gasteiger partial charge in [-0.3, -0.25) is 4.79 Å². The van der Waals surface area contributed by atoms with Gasteiger partial charge in [0, 0.05) is 0 Å². The third-order valence-corrected chi connectivity index (χ3v) is 3.86. The van der Waals surface area contributed by atoms with Gasteiger partial charge in [0.25, 0.3) is 0 Å². The molecule has 82 valence electrons. The van der Waals surface area contributed by atoms with Gasteiger partial charge in [0.1, 0.15) is 6.04 Å². The maximum Gasteiger partial charge on any atom is 0.247 e. The molecule has 1 amide bonds. The lowest BCUT2D eigenvalue weighted by atomic mass is 9.93. The van der Waals surface area contributed by atoms with Crippen molar-refractivity contribution in [2.24, 2.45) is 17.8 Å². The Morgan fingerprint density at radius 2 is 2.31 bits per heavy atom. The average molecular weight is 214 g/mol. The minimum Gasteiger partial charge on any atom is -0.318 e. The van der Waals surface area contributed by atoms with Crippen LogP contribution in [0.25, 0.3) is 0 Å². The molecule has 1 heterocycles. The molecule has 2 bridgehead atoms. The van der Waals surface area contributed by atoms with Gasteiger partial charge in [-0.2, -0.15) is 5.26 Å². The van der Waals surface area contributed by atoms with Crippen LogP contribution in [0.5, 0.6) is 0 Å². The van der Waals surface area contributed by atoms with E-state index in [-0.39, 0.29) is 11.9 Å². The van der Waals surface area contributed by atoms with Gasteiger partial charge in [0.15, 0.2) is 0 Å². The fraction of sp³-hybridized carbons (Fsp3) is 0.538. The van der Waals surface area contributed by atoms with Gasteiger partial charge in [0.05, 0.1) is 12.6 Å². The molecule has 2 fully saturated rings. The Balaban J connectivity index is 1.57. The van der Waals surface area contributed by atoms with Gasteiger partial charge in [0.2, 0.25) is 5.91 Å². The van der Waals surface area contributed by atoms with Crippen LogP contribution in [0.2, 0.25) is 0 Å². The summed E-state index contributed by atoms with van der Waals surface area (Å²) in [5.41, 5.74) is 0. The summed E-state index contributed by atoms with van der Waals surface area (Å²) in [6.45, 7) is 0.607. The van der Waals surface area contributed by atoms with E-state index in [0.717, 1.165) is 5.92 Å². The van der Waals surface area contributed by atoms with E-state index < -0.39 is 0 Å². The van der Waals surface area contributed by atoms with Crippen LogP contribution in [-0.4, -0.2) is 23.4 Å². The van der Waals surface area contributed by atoms with Crippen LogP contribution >= 0.6 is 0 Å². The molecule has 2 aliphatic carbocycles. The van der Waals surface area contributed by atoms with Crippen molar-refractivity contribution in [2.75, 3.05) is 6.54 Å². The van der Waals surface area contributed by atoms with E-state index in [0.29, 0.717) is 18.4 Å². The van der Waals surface area contributed by atoms with Crippen molar-refractivity contribution in [1.29, 1.82) is 5.26 Å². The zero-order valence-corrected chi connectivity index (χ0v) is 9.04. The maximum absolute atomic E-state index is 11.6. The highest BCUT2D eigenvalue weighted by molar-refractivity contribution is 5.90. The van der Waals surface area contributed by atoms with Crippen LogP contribution in [0.3, 0.4) is 0 Å². The largest absolute Gasteiger partial charge is 0.318 e. The predicted octanol–water partition coefficient (Wildman–Crippen LogP) is 1.49. The second-order valence-electron chi connectivity index (χ2n) is 4.94. The van der Waals surface area contributed by atoms with Crippen molar-refractivity contribution in [1.82, 2.24) is 4.90 Å². The molecule has 16 heavy (non-hydrogen) atoms. The Bertz CT molecular complexity index is 418. The minimum atomic E-state index is -0.169. The SMILES string of the molecule is N#CC1CN1C(=O)C=CC1CC2C=CC1C2. The summed E-state index contributed by atoms with van der Waals surface area (Å²) in [6, 6.07) is 1.92. The summed E-state index contributed by atoms with van der Waals surface area (Å²) in [5.74, 6) is 1.93. The lowest BCUT2D eigenvalue weighted by molar-refractivity contribution is -0.121. The lowest BCUT2D eigenvalue weighted by Gasteiger charge is -2.12. The normalized spacial score (nSPS) is 39.3. The molecule has 0 aromatic heterocycles. The number of carbonyl (C=O) groups is 1. The van der Waals surface area contributed by atoms with E-state index in [1.54, 1.807) is 11.0 Å². The summed E-state index contributed by atoms with van der Waals surface area (Å²) in [7, 11) is 0. The molecule has 0 aromatic rings. The highest BCUT2D eigenvalue weighted by atomic mass is 16.2. The Morgan fingerprint density at radius 3 is 2.88 bits per heavy atom. The van der Waals surface area contributed by atoms with E-state index >= 15 is 0 Å². The zero-order chi connectivity index (χ0) is 11.1. The molecular formula is C13H14N2O. The highest BCUT2D eigenvalue weighted by Crippen LogP contribution is 2.43. The van der Waals surface area contributed by atoms with Gasteiger partial charge in [-0.15, -0.1) is 0 Å². The first kappa shape index (κ1) is 9.65. The van der Waals surface area contributed by atoms with Crippen molar-refractivity contribution in [3.63, 3.8) is 0 Å². The smallest absolute Gasteiger partial charge is 0.247 e. The van der Waals surface area contributed by atoms with E-state index in [9.17, 15) is 4.79 Å². The summed E-state index contributed by atoms with van der Waals surface area (Å²) >= 11 is 0. The first-order valence-electron chi connectivity index (χ1n) is 5.84. The molecule has 3 rings (SSSR count). The van der Waals surface area contributed by atoms with Gasteiger partial charge in [-0.1, -0.05) is 18.2 Å². The molecule has 4 atom stereocenters. The second kappa shape index (κ2) is 3.48.